The summed E-state index contributed by atoms with van der Waals surface area (Å²) in [7, 11) is 0. The number of nitrogens with zero attached hydrogens (tertiary/aromatic N) is 1. The van der Waals surface area contributed by atoms with Crippen LogP contribution < -0.4 is 5.73 Å². The maximum absolute atomic E-state index is 13.0. The lowest BCUT2D eigenvalue weighted by Crippen LogP contribution is -2.44. The number of carboxylic acids is 1. The van der Waals surface area contributed by atoms with Gasteiger partial charge in [-0.25, -0.2) is 0 Å². The number of unbranched alkanes of at least 4 members (excludes halogenated alkanes) is 26. The first-order valence-electron chi connectivity index (χ1n) is 18.8. The third kappa shape index (κ3) is 29.0. The number of carbonyl (C=O) groups excluding carboxylic acids is 1. The highest BCUT2D eigenvalue weighted by molar-refractivity contribution is 5.82. The molecule has 1 unspecified atom stereocenters. The topological polar surface area (TPSA) is 83.6 Å². The number of aliphatic carboxylic acids is 1. The van der Waals surface area contributed by atoms with E-state index < -0.39 is 12.0 Å². The summed E-state index contributed by atoms with van der Waals surface area (Å²) < 4.78 is 0. The van der Waals surface area contributed by atoms with Gasteiger partial charge < -0.3 is 15.7 Å². The monoisotopic (exact) mass is 595 g/mol. The summed E-state index contributed by atoms with van der Waals surface area (Å²) in [6, 6.07) is -0.695. The van der Waals surface area contributed by atoms with Crippen molar-refractivity contribution in [3.05, 3.63) is 0 Å². The van der Waals surface area contributed by atoms with E-state index in [1.807, 2.05) is 4.90 Å². The molecular formula is C37H74N2O3. The van der Waals surface area contributed by atoms with Crippen molar-refractivity contribution in [1.82, 2.24) is 4.90 Å². The second-order valence-corrected chi connectivity index (χ2v) is 13.1. The van der Waals surface area contributed by atoms with Crippen LogP contribution in [0.1, 0.15) is 206 Å². The van der Waals surface area contributed by atoms with Crippen LogP contribution in [-0.4, -0.2) is 41.0 Å². The van der Waals surface area contributed by atoms with Gasteiger partial charge in [0, 0.05) is 19.5 Å². The second-order valence-electron chi connectivity index (χ2n) is 13.1. The van der Waals surface area contributed by atoms with Crippen LogP contribution in [0.2, 0.25) is 0 Å². The van der Waals surface area contributed by atoms with E-state index >= 15 is 0 Å². The van der Waals surface area contributed by atoms with Crippen LogP contribution in [0.5, 0.6) is 0 Å². The van der Waals surface area contributed by atoms with Crippen LogP contribution in [0.4, 0.5) is 0 Å². The first-order chi connectivity index (χ1) is 20.5. The zero-order valence-electron chi connectivity index (χ0n) is 28.5. The van der Waals surface area contributed by atoms with Gasteiger partial charge in [0.15, 0.2) is 0 Å². The van der Waals surface area contributed by atoms with E-state index in [9.17, 15) is 9.59 Å². The summed E-state index contributed by atoms with van der Waals surface area (Å²) in [5, 5.41) is 8.99. The van der Waals surface area contributed by atoms with Crippen molar-refractivity contribution in [3.63, 3.8) is 0 Å². The molecule has 0 fully saturated rings. The van der Waals surface area contributed by atoms with Gasteiger partial charge in [-0.3, -0.25) is 9.59 Å². The molecule has 0 heterocycles. The maximum Gasteiger partial charge on any atom is 0.303 e. The average molecular weight is 595 g/mol. The molecule has 3 N–H and O–H groups in total. The van der Waals surface area contributed by atoms with Crippen molar-refractivity contribution in [2.24, 2.45) is 5.73 Å². The minimum absolute atomic E-state index is 0.0432. The number of carboxylic acid groups (broad SMARTS) is 1. The van der Waals surface area contributed by atoms with E-state index in [1.165, 1.54) is 154 Å². The smallest absolute Gasteiger partial charge is 0.303 e. The lowest BCUT2D eigenvalue weighted by molar-refractivity contribution is -0.137. The van der Waals surface area contributed by atoms with Crippen molar-refractivity contribution in [1.29, 1.82) is 0 Å². The van der Waals surface area contributed by atoms with Gasteiger partial charge in [0.1, 0.15) is 0 Å². The number of rotatable bonds is 34. The molecule has 1 atom stereocenters. The van der Waals surface area contributed by atoms with E-state index in [1.54, 1.807) is 0 Å². The lowest BCUT2D eigenvalue weighted by Gasteiger charge is -2.26. The van der Waals surface area contributed by atoms with Crippen LogP contribution >= 0.6 is 0 Å². The van der Waals surface area contributed by atoms with Crippen LogP contribution in [0.3, 0.4) is 0 Å². The van der Waals surface area contributed by atoms with E-state index in [0.29, 0.717) is 0 Å². The molecule has 0 aromatic rings. The summed E-state index contributed by atoms with van der Waals surface area (Å²) >= 11 is 0. The van der Waals surface area contributed by atoms with Crippen molar-refractivity contribution >= 4 is 11.9 Å². The molecule has 0 rings (SSSR count). The molecule has 0 spiro atoms. The first kappa shape index (κ1) is 40.9. The number of amides is 1. The molecular weight excluding hydrogens is 520 g/mol. The Morgan fingerprint density at radius 3 is 1.02 bits per heavy atom. The Morgan fingerprint density at radius 1 is 0.500 bits per heavy atom. The molecule has 5 heteroatoms. The summed E-state index contributed by atoms with van der Waals surface area (Å²) in [6.45, 7) is 6.07. The van der Waals surface area contributed by atoms with E-state index in [2.05, 4.69) is 13.8 Å². The van der Waals surface area contributed by atoms with Crippen LogP contribution in [-0.2, 0) is 9.59 Å². The fraction of sp³-hybridized carbons (Fsp3) is 0.946. The number of carbonyl (C=O) groups is 2. The largest absolute Gasteiger partial charge is 0.481 e. The van der Waals surface area contributed by atoms with E-state index in [4.69, 9.17) is 10.8 Å². The molecule has 0 aliphatic heterocycles. The Balaban J connectivity index is 4.00. The van der Waals surface area contributed by atoms with E-state index in [0.717, 1.165) is 38.8 Å². The van der Waals surface area contributed by atoms with Gasteiger partial charge >= 0.3 is 5.97 Å². The molecule has 1 amide bonds. The molecule has 0 aromatic carbocycles. The SMILES string of the molecule is CCCCCCCCCCCCCCCCN(CCCCCCCCCCCCCCCC)C(=O)C(N)CCC(=O)O. The highest BCUT2D eigenvalue weighted by atomic mass is 16.4. The van der Waals surface area contributed by atoms with Gasteiger partial charge in [-0.1, -0.05) is 181 Å². The molecule has 0 saturated carbocycles. The summed E-state index contributed by atoms with van der Waals surface area (Å²) in [5.74, 6) is -0.940. The molecule has 0 bridgehead atoms. The quantitative estimate of drug-likeness (QED) is 0.0726. The number of hydrogen-bond acceptors (Lipinski definition) is 3. The van der Waals surface area contributed by atoms with Crippen molar-refractivity contribution in [3.8, 4) is 0 Å². The Labute approximate surface area is 262 Å². The second kappa shape index (κ2) is 32.8. The summed E-state index contributed by atoms with van der Waals surface area (Å²) in [4.78, 5) is 25.9. The van der Waals surface area contributed by atoms with Crippen LogP contribution in [0.15, 0.2) is 0 Å². The Bertz CT molecular complexity index is 551. The number of hydrogen-bond donors (Lipinski definition) is 2. The lowest BCUT2D eigenvalue weighted by atomic mass is 10.0. The minimum atomic E-state index is -0.885. The van der Waals surface area contributed by atoms with Crippen molar-refractivity contribution < 1.29 is 14.7 Å². The third-order valence-electron chi connectivity index (χ3n) is 8.86. The zero-order valence-corrected chi connectivity index (χ0v) is 28.5. The first-order valence-corrected chi connectivity index (χ1v) is 18.8. The molecule has 0 saturated heterocycles. The Hall–Kier alpha value is -1.10. The molecule has 0 radical (unpaired) electrons. The zero-order chi connectivity index (χ0) is 30.9. The maximum atomic E-state index is 13.0. The third-order valence-corrected chi connectivity index (χ3v) is 8.86. The average Bonchev–Trinajstić information content (AvgIpc) is 2.98. The van der Waals surface area contributed by atoms with Crippen molar-refractivity contribution in [2.75, 3.05) is 13.1 Å². The van der Waals surface area contributed by atoms with Gasteiger partial charge in [0.2, 0.25) is 5.91 Å². The van der Waals surface area contributed by atoms with Crippen LogP contribution in [0, 0.1) is 0 Å². The Morgan fingerprint density at radius 2 is 0.762 bits per heavy atom. The molecule has 0 aliphatic carbocycles. The van der Waals surface area contributed by atoms with Gasteiger partial charge in [-0.2, -0.15) is 0 Å². The fourth-order valence-corrected chi connectivity index (χ4v) is 5.96. The molecule has 5 nitrogen and oxygen atoms in total. The highest BCUT2D eigenvalue weighted by Gasteiger charge is 2.21. The molecule has 0 aliphatic rings. The van der Waals surface area contributed by atoms with Crippen LogP contribution in [0.25, 0.3) is 0 Å². The summed E-state index contributed by atoms with van der Waals surface area (Å²) in [5.41, 5.74) is 6.11. The summed E-state index contributed by atoms with van der Waals surface area (Å²) in [6.07, 6.45) is 37.2. The minimum Gasteiger partial charge on any atom is -0.481 e. The van der Waals surface area contributed by atoms with Gasteiger partial charge in [-0.05, 0) is 19.3 Å². The Kier molecular flexibility index (Phi) is 31.9. The van der Waals surface area contributed by atoms with Gasteiger partial charge in [-0.15, -0.1) is 0 Å². The molecule has 250 valence electrons. The normalized spacial score (nSPS) is 12.1. The predicted octanol–water partition coefficient (Wildman–Crippen LogP) is 11.0. The highest BCUT2D eigenvalue weighted by Crippen LogP contribution is 2.15. The van der Waals surface area contributed by atoms with E-state index in [-0.39, 0.29) is 18.7 Å². The molecule has 0 aromatic heterocycles. The van der Waals surface area contributed by atoms with Crippen molar-refractivity contribution in [2.45, 2.75) is 213 Å². The standard InChI is InChI=1S/C37H74N2O3/c1-3-5-7-9-11-13-15-17-19-21-23-25-27-29-33-39(37(42)35(38)31-32-36(40)41)34-30-28-26-24-22-20-18-16-14-12-10-8-6-4-2/h35H,3-34,38H2,1-2H3,(H,40,41). The fourth-order valence-electron chi connectivity index (χ4n) is 5.96. The van der Waals surface area contributed by atoms with Gasteiger partial charge in [0.05, 0.1) is 6.04 Å². The number of nitrogens with two attached hydrogens (primary N) is 1. The van der Waals surface area contributed by atoms with Gasteiger partial charge in [0.25, 0.3) is 0 Å². The predicted molar refractivity (Wildman–Crippen MR) is 182 cm³/mol. The molecule has 42 heavy (non-hydrogen) atoms.